The molecular formula is C25H20N2. The van der Waals surface area contributed by atoms with Crippen molar-refractivity contribution in [3.05, 3.63) is 83.6 Å². The summed E-state index contributed by atoms with van der Waals surface area (Å²) in [4.78, 5) is 10.0. The van der Waals surface area contributed by atoms with Gasteiger partial charge in [-0.05, 0) is 48.2 Å². The zero-order chi connectivity index (χ0) is 18.5. The Labute approximate surface area is 158 Å². The molecule has 0 aliphatic carbocycles. The first-order valence-electron chi connectivity index (χ1n) is 9.28. The lowest BCUT2D eigenvalue weighted by molar-refractivity contribution is 1.30. The molecule has 0 amide bonds. The van der Waals surface area contributed by atoms with Gasteiger partial charge in [0.1, 0.15) is 0 Å². The highest BCUT2D eigenvalue weighted by atomic mass is 14.8. The average Bonchev–Trinajstić information content (AvgIpc) is 2.70. The predicted molar refractivity (Wildman–Crippen MR) is 114 cm³/mol. The Morgan fingerprint density at radius 3 is 2.22 bits per heavy atom. The molecule has 130 valence electrons. The molecule has 0 bridgehead atoms. The average molecular weight is 348 g/mol. The maximum absolute atomic E-state index is 5.10. The number of aryl methyl sites for hydroxylation is 3. The van der Waals surface area contributed by atoms with E-state index in [1.54, 1.807) is 0 Å². The quantitative estimate of drug-likeness (QED) is 0.322. The largest absolute Gasteiger partial charge is 0.252 e. The van der Waals surface area contributed by atoms with Crippen LogP contribution in [0.15, 0.2) is 66.9 Å². The van der Waals surface area contributed by atoms with Gasteiger partial charge in [-0.3, -0.25) is 4.98 Å². The van der Waals surface area contributed by atoms with Gasteiger partial charge < -0.3 is 0 Å². The van der Waals surface area contributed by atoms with Gasteiger partial charge in [-0.25, -0.2) is 4.98 Å². The molecule has 4 aromatic carbocycles. The van der Waals surface area contributed by atoms with E-state index in [-0.39, 0.29) is 0 Å². The molecular weight excluding hydrogens is 328 g/mol. The van der Waals surface area contributed by atoms with Gasteiger partial charge in [-0.1, -0.05) is 60.7 Å². The number of hydrogen-bond acceptors (Lipinski definition) is 2. The van der Waals surface area contributed by atoms with Crippen LogP contribution in [0.1, 0.15) is 16.7 Å². The fraction of sp³-hybridized carbons (Fsp3) is 0.120. The second-order valence-corrected chi connectivity index (χ2v) is 7.25. The third-order valence-corrected chi connectivity index (χ3v) is 5.61. The minimum Gasteiger partial charge on any atom is -0.252 e. The third kappa shape index (κ3) is 2.33. The number of aromatic nitrogens is 2. The van der Waals surface area contributed by atoms with Crippen LogP contribution in [0.25, 0.3) is 43.8 Å². The van der Waals surface area contributed by atoms with E-state index >= 15 is 0 Å². The van der Waals surface area contributed by atoms with Crippen LogP contribution in [-0.4, -0.2) is 9.97 Å². The van der Waals surface area contributed by atoms with Gasteiger partial charge >= 0.3 is 0 Å². The minimum atomic E-state index is 0.915. The van der Waals surface area contributed by atoms with Crippen molar-refractivity contribution >= 4 is 32.6 Å². The fourth-order valence-electron chi connectivity index (χ4n) is 4.05. The van der Waals surface area contributed by atoms with E-state index < -0.39 is 0 Å². The second-order valence-electron chi connectivity index (χ2n) is 7.25. The van der Waals surface area contributed by atoms with Crippen molar-refractivity contribution < 1.29 is 0 Å². The first-order chi connectivity index (χ1) is 13.1. The molecule has 0 saturated heterocycles. The summed E-state index contributed by atoms with van der Waals surface area (Å²) in [5.74, 6) is 0. The van der Waals surface area contributed by atoms with E-state index in [4.69, 9.17) is 9.97 Å². The van der Waals surface area contributed by atoms with E-state index in [2.05, 4.69) is 63.2 Å². The SMILES string of the molecule is Cc1ccc2c3cccc(C)c3c3ncc(-c4ccccc4)nc3c2c1C. The van der Waals surface area contributed by atoms with Crippen molar-refractivity contribution in [2.45, 2.75) is 20.8 Å². The summed E-state index contributed by atoms with van der Waals surface area (Å²) >= 11 is 0. The highest BCUT2D eigenvalue weighted by molar-refractivity contribution is 6.24. The van der Waals surface area contributed by atoms with Gasteiger partial charge in [0.2, 0.25) is 0 Å². The molecule has 0 aliphatic heterocycles. The molecule has 2 nitrogen and oxygen atoms in total. The number of benzene rings is 4. The van der Waals surface area contributed by atoms with Crippen LogP contribution < -0.4 is 0 Å². The molecule has 2 heteroatoms. The summed E-state index contributed by atoms with van der Waals surface area (Å²) in [7, 11) is 0. The molecule has 0 unspecified atom stereocenters. The molecule has 0 aliphatic rings. The molecule has 0 N–H and O–H groups in total. The molecule has 0 spiro atoms. The van der Waals surface area contributed by atoms with E-state index in [9.17, 15) is 0 Å². The lowest BCUT2D eigenvalue weighted by atomic mass is 9.92. The van der Waals surface area contributed by atoms with Crippen LogP contribution in [0, 0.1) is 20.8 Å². The molecule has 5 aromatic rings. The Morgan fingerprint density at radius 1 is 0.630 bits per heavy atom. The second kappa shape index (κ2) is 5.88. The Bertz CT molecular complexity index is 1340. The Hall–Kier alpha value is -3.26. The van der Waals surface area contributed by atoms with Gasteiger partial charge in [0.15, 0.2) is 0 Å². The summed E-state index contributed by atoms with van der Waals surface area (Å²) in [5.41, 5.74) is 7.79. The molecule has 1 heterocycles. The fourth-order valence-corrected chi connectivity index (χ4v) is 4.05. The molecule has 0 atom stereocenters. The standard InChI is InChI=1S/C25H20N2/c1-15-12-13-20-19-11-7-8-16(2)22(19)24-25(23(20)17(15)3)27-21(14-26-24)18-9-5-4-6-10-18/h4-14H,1-3H3. The molecule has 5 rings (SSSR count). The van der Waals surface area contributed by atoms with E-state index in [1.807, 2.05) is 24.4 Å². The normalized spacial score (nSPS) is 11.5. The molecule has 27 heavy (non-hydrogen) atoms. The highest BCUT2D eigenvalue weighted by Gasteiger charge is 2.15. The van der Waals surface area contributed by atoms with Crippen molar-refractivity contribution in [2.75, 3.05) is 0 Å². The Balaban J connectivity index is 2.04. The molecule has 0 radical (unpaired) electrons. The van der Waals surface area contributed by atoms with Gasteiger partial charge in [-0.2, -0.15) is 0 Å². The zero-order valence-corrected chi connectivity index (χ0v) is 15.7. The number of rotatable bonds is 1. The van der Waals surface area contributed by atoms with Gasteiger partial charge in [-0.15, -0.1) is 0 Å². The van der Waals surface area contributed by atoms with Crippen LogP contribution in [-0.2, 0) is 0 Å². The third-order valence-electron chi connectivity index (χ3n) is 5.61. The molecule has 1 aromatic heterocycles. The predicted octanol–water partition coefficient (Wildman–Crippen LogP) is 6.53. The van der Waals surface area contributed by atoms with Crippen LogP contribution in [0.5, 0.6) is 0 Å². The van der Waals surface area contributed by atoms with Gasteiger partial charge in [0.05, 0.1) is 22.9 Å². The monoisotopic (exact) mass is 348 g/mol. The van der Waals surface area contributed by atoms with Gasteiger partial charge in [0, 0.05) is 16.3 Å². The van der Waals surface area contributed by atoms with Gasteiger partial charge in [0.25, 0.3) is 0 Å². The van der Waals surface area contributed by atoms with Crippen molar-refractivity contribution in [1.82, 2.24) is 9.97 Å². The van der Waals surface area contributed by atoms with Crippen molar-refractivity contribution in [2.24, 2.45) is 0 Å². The number of nitrogens with zero attached hydrogens (tertiary/aromatic N) is 2. The summed E-state index contributed by atoms with van der Waals surface area (Å²) < 4.78 is 0. The van der Waals surface area contributed by atoms with E-state index in [0.717, 1.165) is 22.3 Å². The topological polar surface area (TPSA) is 25.8 Å². The van der Waals surface area contributed by atoms with Crippen LogP contribution in [0.3, 0.4) is 0 Å². The van der Waals surface area contributed by atoms with Crippen molar-refractivity contribution in [1.29, 1.82) is 0 Å². The summed E-state index contributed by atoms with van der Waals surface area (Å²) in [6.07, 6.45) is 1.90. The lowest BCUT2D eigenvalue weighted by Crippen LogP contribution is -1.95. The Kier molecular flexibility index (Phi) is 3.48. The number of fused-ring (bicyclic) bond motifs is 6. The molecule has 0 fully saturated rings. The molecule has 0 saturated carbocycles. The first-order valence-corrected chi connectivity index (χ1v) is 9.28. The zero-order valence-electron chi connectivity index (χ0n) is 15.7. The first kappa shape index (κ1) is 16.0. The Morgan fingerprint density at radius 2 is 1.41 bits per heavy atom. The maximum Gasteiger partial charge on any atom is 0.0982 e. The smallest absolute Gasteiger partial charge is 0.0982 e. The van der Waals surface area contributed by atoms with Crippen LogP contribution >= 0.6 is 0 Å². The van der Waals surface area contributed by atoms with E-state index in [0.29, 0.717) is 0 Å². The van der Waals surface area contributed by atoms with Crippen LogP contribution in [0.4, 0.5) is 0 Å². The summed E-state index contributed by atoms with van der Waals surface area (Å²) in [6.45, 7) is 6.51. The van der Waals surface area contributed by atoms with Crippen LogP contribution in [0.2, 0.25) is 0 Å². The minimum absolute atomic E-state index is 0.915. The van der Waals surface area contributed by atoms with Crippen molar-refractivity contribution in [3.8, 4) is 11.3 Å². The maximum atomic E-state index is 5.10. The lowest BCUT2D eigenvalue weighted by Gasteiger charge is -2.15. The van der Waals surface area contributed by atoms with Crippen molar-refractivity contribution in [3.63, 3.8) is 0 Å². The summed E-state index contributed by atoms with van der Waals surface area (Å²) in [6, 6.07) is 21.2. The van der Waals surface area contributed by atoms with E-state index in [1.165, 1.54) is 38.2 Å². The highest BCUT2D eigenvalue weighted by Crippen LogP contribution is 2.37. The summed E-state index contributed by atoms with van der Waals surface area (Å²) in [5, 5.41) is 4.93. The number of hydrogen-bond donors (Lipinski definition) is 0.